The molecule has 6 N–H and O–H groups in total. The largest absolute Gasteiger partial charge is 0.477 e. The number of thiophene rings is 1. The summed E-state index contributed by atoms with van der Waals surface area (Å²) in [5.74, 6) is -0.245. The third kappa shape index (κ3) is 3.31. The molecule has 0 spiro atoms. The number of aromatic amines is 1. The first-order chi connectivity index (χ1) is 9.47. The van der Waals surface area contributed by atoms with E-state index in [1.807, 2.05) is 0 Å². The molecule has 0 atom stereocenters. The number of nitrogen functional groups attached to an aromatic ring is 2. The second-order valence-corrected chi connectivity index (χ2v) is 6.11. The zero-order chi connectivity index (χ0) is 14.7. The van der Waals surface area contributed by atoms with Crippen molar-refractivity contribution < 1.29 is 9.90 Å². The summed E-state index contributed by atoms with van der Waals surface area (Å²) in [5, 5.41) is 8.82. The van der Waals surface area contributed by atoms with Crippen LogP contribution < -0.4 is 17.0 Å². The molecule has 0 radical (unpaired) electrons. The van der Waals surface area contributed by atoms with E-state index in [1.165, 1.54) is 23.1 Å². The molecule has 0 amide bonds. The minimum absolute atomic E-state index is 0.0128. The van der Waals surface area contributed by atoms with Crippen LogP contribution in [0.25, 0.3) is 0 Å². The summed E-state index contributed by atoms with van der Waals surface area (Å²) in [7, 11) is 0. The second-order valence-electron chi connectivity index (χ2n) is 3.84. The van der Waals surface area contributed by atoms with Gasteiger partial charge in [-0.25, -0.2) is 4.79 Å². The number of carboxylic acids is 1. The molecule has 2 aromatic heterocycles. The topological polar surface area (TPSA) is 135 Å². The lowest BCUT2D eigenvalue weighted by Crippen LogP contribution is -2.16. The summed E-state index contributed by atoms with van der Waals surface area (Å²) in [6.45, 7) is 0. The zero-order valence-corrected chi connectivity index (χ0v) is 11.9. The molecular formula is C11H12N4O3S2. The number of hydrogen-bond donors (Lipinski definition) is 4. The smallest absolute Gasteiger partial charge is 0.345 e. The SMILES string of the molecule is Nc1nc(N)c(SCCc2ccc(C(=O)O)s2)c(=O)[nH]1. The van der Waals surface area contributed by atoms with Gasteiger partial charge in [0.25, 0.3) is 5.56 Å². The fourth-order valence-corrected chi connectivity index (χ4v) is 3.40. The van der Waals surface area contributed by atoms with Gasteiger partial charge < -0.3 is 16.6 Å². The molecule has 2 aromatic rings. The van der Waals surface area contributed by atoms with Crippen molar-refractivity contribution in [3.63, 3.8) is 0 Å². The lowest BCUT2D eigenvalue weighted by molar-refractivity contribution is 0.0702. The van der Waals surface area contributed by atoms with Crippen molar-refractivity contribution in [2.24, 2.45) is 0 Å². The van der Waals surface area contributed by atoms with Crippen molar-refractivity contribution in [3.8, 4) is 0 Å². The highest BCUT2D eigenvalue weighted by Gasteiger charge is 2.10. The first-order valence-corrected chi connectivity index (χ1v) is 7.37. The van der Waals surface area contributed by atoms with Gasteiger partial charge >= 0.3 is 5.97 Å². The maximum absolute atomic E-state index is 11.6. The molecule has 2 heterocycles. The molecule has 0 aliphatic rings. The lowest BCUT2D eigenvalue weighted by Gasteiger charge is -2.03. The molecule has 0 saturated carbocycles. The van der Waals surface area contributed by atoms with Crippen molar-refractivity contribution in [3.05, 3.63) is 32.2 Å². The van der Waals surface area contributed by atoms with Gasteiger partial charge in [0, 0.05) is 10.6 Å². The van der Waals surface area contributed by atoms with E-state index in [2.05, 4.69) is 9.97 Å². The summed E-state index contributed by atoms with van der Waals surface area (Å²) in [5.41, 5.74) is 10.6. The zero-order valence-electron chi connectivity index (χ0n) is 10.3. The van der Waals surface area contributed by atoms with Crippen molar-refractivity contribution >= 4 is 40.8 Å². The van der Waals surface area contributed by atoms with E-state index in [9.17, 15) is 9.59 Å². The van der Waals surface area contributed by atoms with Gasteiger partial charge in [0.05, 0.1) is 0 Å². The van der Waals surface area contributed by atoms with Gasteiger partial charge in [0.1, 0.15) is 15.6 Å². The van der Waals surface area contributed by atoms with Gasteiger partial charge in [0.15, 0.2) is 0 Å². The number of nitrogens with two attached hydrogens (primary N) is 2. The Morgan fingerprint density at radius 2 is 2.20 bits per heavy atom. The second kappa shape index (κ2) is 5.97. The molecule has 20 heavy (non-hydrogen) atoms. The third-order valence-electron chi connectivity index (χ3n) is 2.39. The Bertz CT molecular complexity index is 695. The summed E-state index contributed by atoms with van der Waals surface area (Å²) in [4.78, 5) is 30.1. The van der Waals surface area contributed by atoms with Crippen LogP contribution in [0.5, 0.6) is 0 Å². The maximum Gasteiger partial charge on any atom is 0.345 e. The average Bonchev–Trinajstić information content (AvgIpc) is 2.81. The summed E-state index contributed by atoms with van der Waals surface area (Å²) in [6.07, 6.45) is 0.645. The van der Waals surface area contributed by atoms with E-state index in [-0.39, 0.29) is 17.3 Å². The molecule has 0 aromatic carbocycles. The van der Waals surface area contributed by atoms with Crippen molar-refractivity contribution in [2.45, 2.75) is 11.3 Å². The van der Waals surface area contributed by atoms with Gasteiger partial charge in [-0.05, 0) is 18.6 Å². The molecule has 2 rings (SSSR count). The summed E-state index contributed by atoms with van der Waals surface area (Å²) < 4.78 is 0. The van der Waals surface area contributed by atoms with Crippen molar-refractivity contribution in [1.82, 2.24) is 9.97 Å². The number of aryl methyl sites for hydroxylation is 1. The Morgan fingerprint density at radius 1 is 1.45 bits per heavy atom. The molecule has 9 heteroatoms. The number of thioether (sulfide) groups is 1. The van der Waals surface area contributed by atoms with E-state index < -0.39 is 5.97 Å². The van der Waals surface area contributed by atoms with Crippen LogP contribution in [0, 0.1) is 0 Å². The standard InChI is InChI=1S/C11H12N4O3S2/c12-8-7(9(16)15-11(13)14-8)19-4-3-5-1-2-6(20-5)10(17)18/h1-2H,3-4H2,(H,17,18)(H5,12,13,14,15,16). The number of carbonyl (C=O) groups is 1. The number of carboxylic acid groups (broad SMARTS) is 1. The fourth-order valence-electron chi connectivity index (χ4n) is 1.52. The predicted molar refractivity (Wildman–Crippen MR) is 79.4 cm³/mol. The molecule has 7 nitrogen and oxygen atoms in total. The maximum atomic E-state index is 11.6. The number of nitrogens with zero attached hydrogens (tertiary/aromatic N) is 1. The molecule has 0 unspecified atom stereocenters. The van der Waals surface area contributed by atoms with E-state index >= 15 is 0 Å². The Labute approximate surface area is 122 Å². The molecule has 0 aliphatic heterocycles. The van der Waals surface area contributed by atoms with Crippen LogP contribution in [0.3, 0.4) is 0 Å². The van der Waals surface area contributed by atoms with Crippen LogP contribution >= 0.6 is 23.1 Å². The van der Waals surface area contributed by atoms with Crippen molar-refractivity contribution in [1.29, 1.82) is 0 Å². The van der Waals surface area contributed by atoms with Crippen LogP contribution in [0.2, 0.25) is 0 Å². The minimum Gasteiger partial charge on any atom is -0.477 e. The van der Waals surface area contributed by atoms with Crippen LogP contribution in [0.15, 0.2) is 21.8 Å². The third-order valence-corrected chi connectivity index (χ3v) is 4.61. The van der Waals surface area contributed by atoms with Crippen molar-refractivity contribution in [2.75, 3.05) is 17.2 Å². The summed E-state index contributed by atoms with van der Waals surface area (Å²) in [6, 6.07) is 3.34. The predicted octanol–water partition coefficient (Wildman–Crippen LogP) is 1.03. The Hall–Kier alpha value is -2.00. The highest BCUT2D eigenvalue weighted by atomic mass is 32.2. The fraction of sp³-hybridized carbons (Fsp3) is 0.182. The highest BCUT2D eigenvalue weighted by molar-refractivity contribution is 7.99. The molecule has 0 fully saturated rings. The quantitative estimate of drug-likeness (QED) is 0.605. The van der Waals surface area contributed by atoms with Gasteiger partial charge in [0.2, 0.25) is 5.95 Å². The van der Waals surface area contributed by atoms with Gasteiger partial charge in [-0.2, -0.15) is 4.98 Å². The van der Waals surface area contributed by atoms with Crippen LogP contribution in [0.1, 0.15) is 14.5 Å². The molecule has 0 saturated heterocycles. The van der Waals surface area contributed by atoms with E-state index in [1.54, 1.807) is 12.1 Å². The average molecular weight is 312 g/mol. The number of aromatic nitrogens is 2. The van der Waals surface area contributed by atoms with E-state index in [0.717, 1.165) is 4.88 Å². The van der Waals surface area contributed by atoms with Gasteiger partial charge in [-0.15, -0.1) is 23.1 Å². The normalized spacial score (nSPS) is 10.6. The first kappa shape index (κ1) is 14.4. The number of H-pyrrole nitrogens is 1. The Morgan fingerprint density at radius 3 is 2.80 bits per heavy atom. The number of nitrogens with one attached hydrogen (secondary N) is 1. The van der Waals surface area contributed by atoms with Crippen LogP contribution in [-0.4, -0.2) is 26.8 Å². The molecule has 0 aliphatic carbocycles. The molecular weight excluding hydrogens is 300 g/mol. The Balaban J connectivity index is 1.99. The number of aromatic carboxylic acids is 1. The Kier molecular flexibility index (Phi) is 4.30. The van der Waals surface area contributed by atoms with E-state index in [0.29, 0.717) is 21.9 Å². The van der Waals surface area contributed by atoms with Gasteiger partial charge in [-0.1, -0.05) is 0 Å². The number of anilines is 2. The van der Waals surface area contributed by atoms with Crippen LogP contribution in [-0.2, 0) is 6.42 Å². The molecule has 0 bridgehead atoms. The van der Waals surface area contributed by atoms with Crippen LogP contribution in [0.4, 0.5) is 11.8 Å². The summed E-state index contributed by atoms with van der Waals surface area (Å²) >= 11 is 2.49. The molecule has 106 valence electrons. The number of rotatable bonds is 5. The first-order valence-electron chi connectivity index (χ1n) is 5.57. The minimum atomic E-state index is -0.933. The van der Waals surface area contributed by atoms with Gasteiger partial charge in [-0.3, -0.25) is 9.78 Å². The number of hydrogen-bond acceptors (Lipinski definition) is 7. The lowest BCUT2D eigenvalue weighted by atomic mass is 10.4. The van der Waals surface area contributed by atoms with E-state index in [4.69, 9.17) is 16.6 Å². The monoisotopic (exact) mass is 312 g/mol. The highest BCUT2D eigenvalue weighted by Crippen LogP contribution is 2.23.